The van der Waals surface area contributed by atoms with Gasteiger partial charge in [-0.1, -0.05) is 12.1 Å². The average molecular weight is 332 g/mol. The molecule has 0 unspecified atom stereocenters. The number of Topliss-reactive ketones (excluding diaryl/α,β-unsaturated/α-hetero) is 1. The number of thiophene rings is 1. The number of rotatable bonds is 6. The van der Waals surface area contributed by atoms with Crippen LogP contribution in [0.15, 0.2) is 40.6 Å². The van der Waals surface area contributed by atoms with Crippen molar-refractivity contribution in [2.75, 3.05) is 37.3 Å². The number of carbonyl (C=O) groups excluding carboxylic acids is 1. The zero-order chi connectivity index (χ0) is 15.4. The van der Waals surface area contributed by atoms with Gasteiger partial charge in [-0.05, 0) is 36.2 Å². The minimum atomic E-state index is 0.211. The van der Waals surface area contributed by atoms with Gasteiger partial charge in [-0.15, -0.1) is 23.1 Å². The van der Waals surface area contributed by atoms with Crippen molar-refractivity contribution >= 4 is 34.6 Å². The number of likely N-dealkylation sites (N-methyl/N-ethyl adjacent to an activating group) is 1. The Morgan fingerprint density at radius 3 is 3.05 bits per heavy atom. The molecular formula is C17H20N2OS2. The van der Waals surface area contributed by atoms with Gasteiger partial charge in [-0.2, -0.15) is 0 Å². The molecule has 0 aliphatic carbocycles. The summed E-state index contributed by atoms with van der Waals surface area (Å²) in [4.78, 5) is 16.8. The van der Waals surface area contributed by atoms with Crippen molar-refractivity contribution in [1.29, 1.82) is 0 Å². The standard InChI is InChI=1S/C17H20N2OS2/c1-18-6-7-19-8-10-22-17-12-13(4-5-14(17)19)11-15(20)16-3-2-9-21-16/h2-5,9,12,18H,6-8,10-11H2,1H3. The van der Waals surface area contributed by atoms with Crippen LogP contribution in [0.5, 0.6) is 0 Å². The van der Waals surface area contributed by atoms with Crippen molar-refractivity contribution in [2.45, 2.75) is 11.3 Å². The topological polar surface area (TPSA) is 32.3 Å². The van der Waals surface area contributed by atoms with Crippen LogP contribution in [0.1, 0.15) is 15.2 Å². The van der Waals surface area contributed by atoms with Crippen LogP contribution in [0.25, 0.3) is 0 Å². The first-order chi connectivity index (χ1) is 10.8. The molecule has 3 nitrogen and oxygen atoms in total. The van der Waals surface area contributed by atoms with Gasteiger partial charge in [0.1, 0.15) is 0 Å². The summed E-state index contributed by atoms with van der Waals surface area (Å²) >= 11 is 3.41. The molecule has 22 heavy (non-hydrogen) atoms. The van der Waals surface area contributed by atoms with E-state index in [1.807, 2.05) is 36.3 Å². The van der Waals surface area contributed by atoms with Crippen molar-refractivity contribution in [2.24, 2.45) is 0 Å². The SMILES string of the molecule is CNCCN1CCSc2cc(CC(=O)c3cccs3)ccc21. The monoisotopic (exact) mass is 332 g/mol. The lowest BCUT2D eigenvalue weighted by Gasteiger charge is -2.31. The molecule has 1 aliphatic rings. The summed E-state index contributed by atoms with van der Waals surface area (Å²) in [5.74, 6) is 1.32. The zero-order valence-electron chi connectivity index (χ0n) is 12.7. The second-order valence-electron chi connectivity index (χ2n) is 5.32. The third-order valence-corrected chi connectivity index (χ3v) is 5.71. The maximum atomic E-state index is 12.2. The molecule has 5 heteroatoms. The molecule has 1 N–H and O–H groups in total. The van der Waals surface area contributed by atoms with Crippen LogP contribution in [0.2, 0.25) is 0 Å². The molecule has 1 aromatic heterocycles. The van der Waals surface area contributed by atoms with E-state index in [-0.39, 0.29) is 5.78 Å². The van der Waals surface area contributed by atoms with E-state index in [4.69, 9.17) is 0 Å². The molecule has 0 spiro atoms. The predicted molar refractivity (Wildman–Crippen MR) is 95.7 cm³/mol. The quantitative estimate of drug-likeness (QED) is 0.823. The number of hydrogen-bond donors (Lipinski definition) is 1. The van der Waals surface area contributed by atoms with E-state index >= 15 is 0 Å². The number of nitrogens with one attached hydrogen (secondary N) is 1. The highest BCUT2D eigenvalue weighted by atomic mass is 32.2. The molecule has 1 aliphatic heterocycles. The summed E-state index contributed by atoms with van der Waals surface area (Å²) in [6.45, 7) is 3.10. The van der Waals surface area contributed by atoms with E-state index in [0.717, 1.165) is 35.8 Å². The fourth-order valence-electron chi connectivity index (χ4n) is 2.62. The molecule has 116 valence electrons. The van der Waals surface area contributed by atoms with Crippen LogP contribution in [0, 0.1) is 0 Å². The summed E-state index contributed by atoms with van der Waals surface area (Å²) in [6.07, 6.45) is 0.491. The number of hydrogen-bond acceptors (Lipinski definition) is 5. The second kappa shape index (κ2) is 7.31. The highest BCUT2D eigenvalue weighted by Gasteiger charge is 2.18. The Morgan fingerprint density at radius 2 is 2.27 bits per heavy atom. The third kappa shape index (κ3) is 3.54. The second-order valence-corrected chi connectivity index (χ2v) is 7.40. The van der Waals surface area contributed by atoms with Gasteiger partial charge in [0, 0.05) is 36.7 Å². The Labute approximate surface area is 139 Å². The van der Waals surface area contributed by atoms with Crippen LogP contribution in [-0.4, -0.2) is 38.2 Å². The van der Waals surface area contributed by atoms with Crippen molar-refractivity contribution in [3.8, 4) is 0 Å². The van der Waals surface area contributed by atoms with E-state index < -0.39 is 0 Å². The van der Waals surface area contributed by atoms with Crippen molar-refractivity contribution in [3.05, 3.63) is 46.2 Å². The molecule has 3 rings (SSSR count). The van der Waals surface area contributed by atoms with Crippen LogP contribution in [0.4, 0.5) is 5.69 Å². The van der Waals surface area contributed by atoms with Gasteiger partial charge < -0.3 is 10.2 Å². The molecule has 0 fully saturated rings. The van der Waals surface area contributed by atoms with E-state index in [2.05, 4.69) is 28.4 Å². The summed E-state index contributed by atoms with van der Waals surface area (Å²) in [5.41, 5.74) is 2.42. The lowest BCUT2D eigenvalue weighted by atomic mass is 10.1. The molecule has 2 heterocycles. The Hall–Kier alpha value is -1.30. The van der Waals surface area contributed by atoms with Gasteiger partial charge in [-0.3, -0.25) is 4.79 Å². The number of nitrogens with zero attached hydrogens (tertiary/aromatic N) is 1. The third-order valence-electron chi connectivity index (χ3n) is 3.78. The number of thioether (sulfide) groups is 1. The number of fused-ring (bicyclic) bond motifs is 1. The minimum Gasteiger partial charge on any atom is -0.369 e. The number of anilines is 1. The van der Waals surface area contributed by atoms with Crippen LogP contribution >= 0.6 is 23.1 Å². The first kappa shape index (κ1) is 15.6. The molecule has 1 aromatic carbocycles. The summed E-state index contributed by atoms with van der Waals surface area (Å²) in [5, 5.41) is 5.16. The average Bonchev–Trinajstić information content (AvgIpc) is 3.07. The molecule has 0 saturated heterocycles. The normalized spacial score (nSPS) is 14.0. The van der Waals surface area contributed by atoms with E-state index in [0.29, 0.717) is 6.42 Å². The minimum absolute atomic E-state index is 0.211. The molecule has 0 saturated carbocycles. The molecule has 0 atom stereocenters. The highest BCUT2D eigenvalue weighted by molar-refractivity contribution is 7.99. The molecular weight excluding hydrogens is 312 g/mol. The fraction of sp³-hybridized carbons (Fsp3) is 0.353. The zero-order valence-corrected chi connectivity index (χ0v) is 14.3. The molecule has 0 bridgehead atoms. The first-order valence-corrected chi connectivity index (χ1v) is 9.36. The Bertz CT molecular complexity index is 640. The van der Waals surface area contributed by atoms with E-state index in [1.165, 1.54) is 21.9 Å². The van der Waals surface area contributed by atoms with E-state index in [9.17, 15) is 4.79 Å². The smallest absolute Gasteiger partial charge is 0.177 e. The molecule has 0 radical (unpaired) electrons. The lowest BCUT2D eigenvalue weighted by molar-refractivity contribution is 0.0997. The van der Waals surface area contributed by atoms with Crippen molar-refractivity contribution in [3.63, 3.8) is 0 Å². The summed E-state index contributed by atoms with van der Waals surface area (Å²) in [7, 11) is 1.99. The van der Waals surface area contributed by atoms with Gasteiger partial charge in [0.15, 0.2) is 5.78 Å². The van der Waals surface area contributed by atoms with Gasteiger partial charge in [0.25, 0.3) is 0 Å². The number of carbonyl (C=O) groups is 1. The number of ketones is 1. The maximum absolute atomic E-state index is 12.2. The Morgan fingerprint density at radius 1 is 1.36 bits per heavy atom. The largest absolute Gasteiger partial charge is 0.369 e. The highest BCUT2D eigenvalue weighted by Crippen LogP contribution is 2.35. The Balaban J connectivity index is 1.74. The summed E-state index contributed by atoms with van der Waals surface area (Å²) in [6, 6.07) is 10.3. The fourth-order valence-corrected chi connectivity index (χ4v) is 4.40. The van der Waals surface area contributed by atoms with Crippen molar-refractivity contribution < 1.29 is 4.79 Å². The van der Waals surface area contributed by atoms with Gasteiger partial charge in [-0.25, -0.2) is 0 Å². The van der Waals surface area contributed by atoms with Crippen LogP contribution < -0.4 is 10.2 Å². The lowest BCUT2D eigenvalue weighted by Crippen LogP contribution is -2.34. The number of benzene rings is 1. The van der Waals surface area contributed by atoms with Gasteiger partial charge in [0.05, 0.1) is 10.6 Å². The van der Waals surface area contributed by atoms with Gasteiger partial charge >= 0.3 is 0 Å². The molecule has 0 amide bonds. The summed E-state index contributed by atoms with van der Waals surface area (Å²) < 4.78 is 0. The van der Waals surface area contributed by atoms with Crippen molar-refractivity contribution in [1.82, 2.24) is 5.32 Å². The van der Waals surface area contributed by atoms with Gasteiger partial charge in [0.2, 0.25) is 0 Å². The molecule has 2 aromatic rings. The first-order valence-electron chi connectivity index (χ1n) is 7.50. The predicted octanol–water partition coefficient (Wildman–Crippen LogP) is 3.31. The maximum Gasteiger partial charge on any atom is 0.177 e. The van der Waals surface area contributed by atoms with E-state index in [1.54, 1.807) is 0 Å². The Kier molecular flexibility index (Phi) is 5.18. The van der Waals surface area contributed by atoms with Crippen LogP contribution in [0.3, 0.4) is 0 Å². The van der Waals surface area contributed by atoms with Crippen LogP contribution in [-0.2, 0) is 6.42 Å².